The second kappa shape index (κ2) is 8.38. The van der Waals surface area contributed by atoms with Crippen molar-refractivity contribution >= 4 is 33.2 Å². The molecule has 1 fully saturated rings. The highest BCUT2D eigenvalue weighted by molar-refractivity contribution is 7.89. The van der Waals surface area contributed by atoms with Crippen molar-refractivity contribution in [3.63, 3.8) is 0 Å². The van der Waals surface area contributed by atoms with Gasteiger partial charge in [-0.2, -0.15) is 4.31 Å². The smallest absolute Gasteiger partial charge is 0.255 e. The first-order chi connectivity index (χ1) is 13.4. The zero-order valence-corrected chi connectivity index (χ0v) is 17.1. The van der Waals surface area contributed by atoms with Crippen molar-refractivity contribution in [3.8, 4) is 11.5 Å². The number of carbonyl (C=O) groups excluding carboxylic acids is 1. The highest BCUT2D eigenvalue weighted by atomic mass is 35.5. The number of halogens is 1. The normalized spacial score (nSPS) is 14.7. The van der Waals surface area contributed by atoms with Crippen LogP contribution >= 0.6 is 11.6 Å². The van der Waals surface area contributed by atoms with Gasteiger partial charge in [-0.25, -0.2) is 8.42 Å². The monoisotopic (exact) mass is 424 g/mol. The molecule has 0 atom stereocenters. The van der Waals surface area contributed by atoms with E-state index in [1.165, 1.54) is 42.8 Å². The van der Waals surface area contributed by atoms with Crippen molar-refractivity contribution in [2.75, 3.05) is 32.6 Å². The zero-order chi connectivity index (χ0) is 20.3. The maximum absolute atomic E-state index is 12.8. The molecule has 0 radical (unpaired) electrons. The molecule has 0 saturated carbocycles. The van der Waals surface area contributed by atoms with Gasteiger partial charge in [0.25, 0.3) is 5.91 Å². The van der Waals surface area contributed by atoms with E-state index in [-0.39, 0.29) is 10.6 Å². The van der Waals surface area contributed by atoms with E-state index in [2.05, 4.69) is 5.32 Å². The number of hydrogen-bond donors (Lipinski definition) is 1. The minimum atomic E-state index is -3.61. The first-order valence-corrected chi connectivity index (χ1v) is 10.5. The van der Waals surface area contributed by atoms with Crippen LogP contribution in [0.5, 0.6) is 11.5 Å². The lowest BCUT2D eigenvalue weighted by Gasteiger charge is -2.17. The van der Waals surface area contributed by atoms with E-state index in [0.29, 0.717) is 35.2 Å². The molecule has 150 valence electrons. The molecule has 0 bridgehead atoms. The van der Waals surface area contributed by atoms with Crippen LogP contribution in [0.2, 0.25) is 5.02 Å². The van der Waals surface area contributed by atoms with Gasteiger partial charge in [-0.05, 0) is 49.2 Å². The van der Waals surface area contributed by atoms with Gasteiger partial charge in [-0.15, -0.1) is 0 Å². The molecule has 0 spiro atoms. The van der Waals surface area contributed by atoms with Gasteiger partial charge >= 0.3 is 0 Å². The molecule has 2 aromatic carbocycles. The standard InChI is InChI=1S/C19H21ClN2O5S/c1-26-17-7-5-13(11-15(17)20)19(23)21-16-12-14(6-8-18(16)27-2)28(24,25)22-9-3-4-10-22/h5-8,11-12H,3-4,9-10H2,1-2H3,(H,21,23). The first kappa shape index (κ1) is 20.4. The van der Waals surface area contributed by atoms with Gasteiger partial charge in [0.15, 0.2) is 0 Å². The fourth-order valence-electron chi connectivity index (χ4n) is 3.02. The lowest BCUT2D eigenvalue weighted by atomic mass is 10.2. The lowest BCUT2D eigenvalue weighted by Crippen LogP contribution is -2.28. The number of anilines is 1. The molecule has 0 aromatic heterocycles. The summed E-state index contributed by atoms with van der Waals surface area (Å²) in [5, 5.41) is 3.00. The second-order valence-corrected chi connectivity index (χ2v) is 8.62. The average molecular weight is 425 g/mol. The van der Waals surface area contributed by atoms with Crippen molar-refractivity contribution in [3.05, 3.63) is 47.0 Å². The summed E-state index contributed by atoms with van der Waals surface area (Å²) in [6, 6.07) is 9.05. The van der Waals surface area contributed by atoms with Crippen LogP contribution in [0.4, 0.5) is 5.69 Å². The minimum absolute atomic E-state index is 0.110. The van der Waals surface area contributed by atoms with E-state index >= 15 is 0 Å². The summed E-state index contributed by atoms with van der Waals surface area (Å²) < 4.78 is 37.4. The number of sulfonamides is 1. The Morgan fingerprint density at radius 2 is 1.68 bits per heavy atom. The predicted octanol–water partition coefficient (Wildman–Crippen LogP) is 3.39. The molecule has 1 aliphatic heterocycles. The Kier molecular flexibility index (Phi) is 6.12. The molecule has 9 heteroatoms. The van der Waals surface area contributed by atoms with Crippen LogP contribution in [0.15, 0.2) is 41.3 Å². The number of rotatable bonds is 6. The van der Waals surface area contributed by atoms with Crippen LogP contribution in [0.1, 0.15) is 23.2 Å². The van der Waals surface area contributed by atoms with Crippen LogP contribution in [0.25, 0.3) is 0 Å². The first-order valence-electron chi connectivity index (χ1n) is 8.70. The molecule has 3 rings (SSSR count). The number of nitrogens with zero attached hydrogens (tertiary/aromatic N) is 1. The van der Waals surface area contributed by atoms with Crippen molar-refractivity contribution < 1.29 is 22.7 Å². The highest BCUT2D eigenvalue weighted by Crippen LogP contribution is 2.31. The quantitative estimate of drug-likeness (QED) is 0.768. The zero-order valence-electron chi connectivity index (χ0n) is 15.6. The second-order valence-electron chi connectivity index (χ2n) is 6.28. The van der Waals surface area contributed by atoms with Gasteiger partial charge in [-0.1, -0.05) is 11.6 Å². The number of amides is 1. The molecular weight excluding hydrogens is 404 g/mol. The van der Waals surface area contributed by atoms with Crippen molar-refractivity contribution in [2.24, 2.45) is 0 Å². The summed E-state index contributed by atoms with van der Waals surface area (Å²) in [6.45, 7) is 1.00. The number of ether oxygens (including phenoxy) is 2. The summed E-state index contributed by atoms with van der Waals surface area (Å²) in [5.41, 5.74) is 0.570. The molecule has 1 amide bonds. The largest absolute Gasteiger partial charge is 0.495 e. The topological polar surface area (TPSA) is 84.9 Å². The number of carbonyl (C=O) groups is 1. The minimum Gasteiger partial charge on any atom is -0.495 e. The Morgan fingerprint density at radius 3 is 2.29 bits per heavy atom. The Balaban J connectivity index is 1.90. The molecule has 2 aromatic rings. The van der Waals surface area contributed by atoms with Crippen LogP contribution in [-0.4, -0.2) is 45.9 Å². The van der Waals surface area contributed by atoms with Crippen LogP contribution in [-0.2, 0) is 10.0 Å². The molecular formula is C19H21ClN2O5S. The fraction of sp³-hybridized carbons (Fsp3) is 0.316. The van der Waals surface area contributed by atoms with Crippen molar-refractivity contribution in [1.82, 2.24) is 4.31 Å². The molecule has 1 N–H and O–H groups in total. The third-order valence-electron chi connectivity index (χ3n) is 4.54. The third kappa shape index (κ3) is 4.09. The number of benzene rings is 2. The summed E-state index contributed by atoms with van der Waals surface area (Å²) >= 11 is 6.08. The number of nitrogens with one attached hydrogen (secondary N) is 1. The summed E-state index contributed by atoms with van der Waals surface area (Å²) in [7, 11) is -0.681. The Morgan fingerprint density at radius 1 is 1.04 bits per heavy atom. The molecule has 1 aliphatic rings. The Bertz CT molecular complexity index is 988. The predicted molar refractivity (Wildman–Crippen MR) is 107 cm³/mol. The van der Waals surface area contributed by atoms with E-state index < -0.39 is 15.9 Å². The summed E-state index contributed by atoms with van der Waals surface area (Å²) in [5.74, 6) is 0.362. The summed E-state index contributed by atoms with van der Waals surface area (Å²) in [6.07, 6.45) is 1.69. The van der Waals surface area contributed by atoms with Gasteiger partial charge in [0, 0.05) is 18.7 Å². The van der Waals surface area contributed by atoms with Gasteiger partial charge in [-0.3, -0.25) is 4.79 Å². The molecule has 0 aliphatic carbocycles. The van der Waals surface area contributed by atoms with Crippen LogP contribution in [0, 0.1) is 0 Å². The van der Waals surface area contributed by atoms with Gasteiger partial charge in [0.2, 0.25) is 10.0 Å². The highest BCUT2D eigenvalue weighted by Gasteiger charge is 2.28. The molecule has 7 nitrogen and oxygen atoms in total. The molecule has 28 heavy (non-hydrogen) atoms. The lowest BCUT2D eigenvalue weighted by molar-refractivity contribution is 0.102. The van der Waals surface area contributed by atoms with Crippen LogP contribution < -0.4 is 14.8 Å². The SMILES string of the molecule is COc1ccc(C(=O)Nc2cc(S(=O)(=O)N3CCCC3)ccc2OC)cc1Cl. The van der Waals surface area contributed by atoms with E-state index in [1.54, 1.807) is 12.1 Å². The van der Waals surface area contributed by atoms with Crippen LogP contribution in [0.3, 0.4) is 0 Å². The third-order valence-corrected chi connectivity index (χ3v) is 6.73. The number of hydrogen-bond acceptors (Lipinski definition) is 5. The fourth-order valence-corrected chi connectivity index (χ4v) is 4.83. The maximum Gasteiger partial charge on any atom is 0.255 e. The van der Waals surface area contributed by atoms with E-state index in [0.717, 1.165) is 12.8 Å². The molecule has 0 unspecified atom stereocenters. The van der Waals surface area contributed by atoms with E-state index in [1.807, 2.05) is 0 Å². The van der Waals surface area contributed by atoms with Crippen molar-refractivity contribution in [2.45, 2.75) is 17.7 Å². The van der Waals surface area contributed by atoms with Crippen molar-refractivity contribution in [1.29, 1.82) is 0 Å². The maximum atomic E-state index is 12.8. The van der Waals surface area contributed by atoms with E-state index in [4.69, 9.17) is 21.1 Å². The Labute approximate surface area is 169 Å². The Hall–Kier alpha value is -2.29. The van der Waals surface area contributed by atoms with Gasteiger partial charge in [0.05, 0.1) is 29.8 Å². The summed E-state index contributed by atoms with van der Waals surface area (Å²) in [4.78, 5) is 12.7. The van der Waals surface area contributed by atoms with Gasteiger partial charge in [0.1, 0.15) is 11.5 Å². The molecule has 1 heterocycles. The van der Waals surface area contributed by atoms with E-state index in [9.17, 15) is 13.2 Å². The average Bonchev–Trinajstić information content (AvgIpc) is 3.23. The molecule has 1 saturated heterocycles. The number of methoxy groups -OCH3 is 2. The van der Waals surface area contributed by atoms with Gasteiger partial charge < -0.3 is 14.8 Å².